The number of anilines is 1. The van der Waals surface area contributed by atoms with Crippen LogP contribution in [0, 0.1) is 6.92 Å². The first kappa shape index (κ1) is 14.8. The first-order chi connectivity index (χ1) is 10.3. The van der Waals surface area contributed by atoms with E-state index in [0.717, 1.165) is 52.5 Å². The molecule has 116 valence electrons. The van der Waals surface area contributed by atoms with Crippen molar-refractivity contribution in [3.8, 4) is 0 Å². The lowest BCUT2D eigenvalue weighted by Gasteiger charge is -2.33. The fraction of sp³-hybridized carbons (Fsp3) is 0.647. The second-order valence-electron chi connectivity index (χ2n) is 5.88. The molecule has 1 aromatic rings. The van der Waals surface area contributed by atoms with Crippen LogP contribution in [-0.2, 0) is 15.9 Å². The predicted molar refractivity (Wildman–Crippen MR) is 85.2 cm³/mol. The van der Waals surface area contributed by atoms with Gasteiger partial charge in [0.1, 0.15) is 0 Å². The van der Waals surface area contributed by atoms with Crippen molar-refractivity contribution in [2.24, 2.45) is 0 Å². The highest BCUT2D eigenvalue weighted by Gasteiger charge is 2.21. The molecule has 4 nitrogen and oxygen atoms in total. The van der Waals surface area contributed by atoms with Gasteiger partial charge in [0.25, 0.3) is 0 Å². The van der Waals surface area contributed by atoms with Gasteiger partial charge in [-0.25, -0.2) is 0 Å². The molecule has 0 radical (unpaired) electrons. The molecular formula is C17H26N2O2. The summed E-state index contributed by atoms with van der Waals surface area (Å²) in [5.74, 6) is 0. The molecule has 0 aromatic heterocycles. The zero-order chi connectivity index (χ0) is 14.7. The fourth-order valence-electron chi connectivity index (χ4n) is 3.37. The topological polar surface area (TPSA) is 33.7 Å². The van der Waals surface area contributed by atoms with E-state index in [2.05, 4.69) is 36.2 Å². The Morgan fingerprint density at radius 2 is 2.00 bits per heavy atom. The highest BCUT2D eigenvalue weighted by atomic mass is 16.5. The lowest BCUT2D eigenvalue weighted by molar-refractivity contribution is 0.0768. The van der Waals surface area contributed by atoms with Crippen LogP contribution >= 0.6 is 0 Å². The fourth-order valence-corrected chi connectivity index (χ4v) is 3.37. The SMILES string of the molecule is CCc1cc([C@@H]2COCCN2)cc(C)c1N1CCOCC1. The van der Waals surface area contributed by atoms with Crippen molar-refractivity contribution in [2.45, 2.75) is 26.3 Å². The lowest BCUT2D eigenvalue weighted by Crippen LogP contribution is -2.37. The summed E-state index contributed by atoms with van der Waals surface area (Å²) in [7, 11) is 0. The molecule has 0 bridgehead atoms. The van der Waals surface area contributed by atoms with E-state index in [1.165, 1.54) is 22.4 Å². The molecule has 1 atom stereocenters. The Hall–Kier alpha value is -1.10. The number of rotatable bonds is 3. The summed E-state index contributed by atoms with van der Waals surface area (Å²) in [4.78, 5) is 2.48. The Bertz CT molecular complexity index is 478. The summed E-state index contributed by atoms with van der Waals surface area (Å²) >= 11 is 0. The number of nitrogens with zero attached hydrogens (tertiary/aromatic N) is 1. The van der Waals surface area contributed by atoms with Crippen LogP contribution in [0.25, 0.3) is 0 Å². The Labute approximate surface area is 127 Å². The van der Waals surface area contributed by atoms with Gasteiger partial charge in [0.2, 0.25) is 0 Å². The number of ether oxygens (including phenoxy) is 2. The molecule has 1 N–H and O–H groups in total. The van der Waals surface area contributed by atoms with Crippen molar-refractivity contribution in [3.05, 3.63) is 28.8 Å². The zero-order valence-corrected chi connectivity index (χ0v) is 13.2. The second-order valence-corrected chi connectivity index (χ2v) is 5.88. The third-order valence-corrected chi connectivity index (χ3v) is 4.43. The van der Waals surface area contributed by atoms with Crippen LogP contribution in [0.1, 0.15) is 29.7 Å². The molecule has 0 amide bonds. The predicted octanol–water partition coefficient (Wildman–Crippen LogP) is 2.05. The minimum Gasteiger partial charge on any atom is -0.378 e. The molecule has 0 spiro atoms. The average molecular weight is 290 g/mol. The number of benzene rings is 1. The largest absolute Gasteiger partial charge is 0.378 e. The van der Waals surface area contributed by atoms with Crippen molar-refractivity contribution in [2.75, 3.05) is 51.0 Å². The van der Waals surface area contributed by atoms with Crippen LogP contribution in [-0.4, -0.2) is 46.1 Å². The number of hydrogen-bond acceptors (Lipinski definition) is 4. The highest BCUT2D eigenvalue weighted by molar-refractivity contribution is 5.61. The Morgan fingerprint density at radius 3 is 2.67 bits per heavy atom. The molecule has 2 saturated heterocycles. The Kier molecular flexibility index (Phi) is 4.78. The van der Waals surface area contributed by atoms with Gasteiger partial charge in [0.15, 0.2) is 0 Å². The van der Waals surface area contributed by atoms with Gasteiger partial charge >= 0.3 is 0 Å². The van der Waals surface area contributed by atoms with Gasteiger partial charge in [-0.3, -0.25) is 0 Å². The summed E-state index contributed by atoms with van der Waals surface area (Å²) in [5.41, 5.74) is 5.60. The van der Waals surface area contributed by atoms with Crippen molar-refractivity contribution in [3.63, 3.8) is 0 Å². The third kappa shape index (κ3) is 3.23. The van der Waals surface area contributed by atoms with E-state index in [1.54, 1.807) is 0 Å². The van der Waals surface area contributed by atoms with Crippen molar-refractivity contribution < 1.29 is 9.47 Å². The van der Waals surface area contributed by atoms with Crippen molar-refractivity contribution in [1.82, 2.24) is 5.32 Å². The molecule has 21 heavy (non-hydrogen) atoms. The van der Waals surface area contributed by atoms with Crippen LogP contribution < -0.4 is 10.2 Å². The maximum atomic E-state index is 5.61. The number of morpholine rings is 2. The molecule has 0 unspecified atom stereocenters. The third-order valence-electron chi connectivity index (χ3n) is 4.43. The summed E-state index contributed by atoms with van der Waals surface area (Å²) in [5, 5.41) is 3.55. The van der Waals surface area contributed by atoms with Crippen molar-refractivity contribution in [1.29, 1.82) is 0 Å². The second kappa shape index (κ2) is 6.77. The minimum absolute atomic E-state index is 0.335. The van der Waals surface area contributed by atoms with Crippen LogP contribution in [0.4, 0.5) is 5.69 Å². The number of hydrogen-bond donors (Lipinski definition) is 1. The summed E-state index contributed by atoms with van der Waals surface area (Å²) < 4.78 is 11.1. The van der Waals surface area contributed by atoms with E-state index in [4.69, 9.17) is 9.47 Å². The first-order valence-electron chi connectivity index (χ1n) is 8.07. The summed E-state index contributed by atoms with van der Waals surface area (Å²) in [6.45, 7) is 10.7. The first-order valence-corrected chi connectivity index (χ1v) is 8.07. The van der Waals surface area contributed by atoms with Crippen LogP contribution in [0.3, 0.4) is 0 Å². The molecule has 0 aliphatic carbocycles. The number of nitrogens with one attached hydrogen (secondary N) is 1. The molecular weight excluding hydrogens is 264 g/mol. The van der Waals surface area contributed by atoms with Gasteiger partial charge in [-0.1, -0.05) is 19.1 Å². The van der Waals surface area contributed by atoms with Gasteiger partial charge in [-0.15, -0.1) is 0 Å². The normalized spacial score (nSPS) is 23.3. The molecule has 3 rings (SSSR count). The van der Waals surface area contributed by atoms with E-state index in [9.17, 15) is 0 Å². The molecule has 2 aliphatic rings. The van der Waals surface area contributed by atoms with Crippen LogP contribution in [0.5, 0.6) is 0 Å². The maximum absolute atomic E-state index is 5.61. The monoisotopic (exact) mass is 290 g/mol. The van der Waals surface area contributed by atoms with Crippen LogP contribution in [0.2, 0.25) is 0 Å². The van der Waals surface area contributed by atoms with E-state index < -0.39 is 0 Å². The molecule has 1 aromatic carbocycles. The zero-order valence-electron chi connectivity index (χ0n) is 13.2. The summed E-state index contributed by atoms with van der Waals surface area (Å²) in [6, 6.07) is 5.03. The van der Waals surface area contributed by atoms with E-state index in [-0.39, 0.29) is 0 Å². The molecule has 0 saturated carbocycles. The van der Waals surface area contributed by atoms with Gasteiger partial charge in [-0.05, 0) is 30.0 Å². The van der Waals surface area contributed by atoms with E-state index in [1.807, 2.05) is 0 Å². The van der Waals surface area contributed by atoms with E-state index in [0.29, 0.717) is 6.04 Å². The van der Waals surface area contributed by atoms with Gasteiger partial charge in [0, 0.05) is 25.3 Å². The van der Waals surface area contributed by atoms with Crippen LogP contribution in [0.15, 0.2) is 12.1 Å². The quantitative estimate of drug-likeness (QED) is 0.924. The van der Waals surface area contributed by atoms with Gasteiger partial charge < -0.3 is 19.7 Å². The smallest absolute Gasteiger partial charge is 0.0662 e. The number of aryl methyl sites for hydroxylation is 2. The minimum atomic E-state index is 0.335. The lowest BCUT2D eigenvalue weighted by atomic mass is 9.96. The highest BCUT2D eigenvalue weighted by Crippen LogP contribution is 2.31. The standard InChI is InChI=1S/C17H26N2O2/c1-3-14-11-15(16-12-21-7-4-18-16)10-13(2)17(14)19-5-8-20-9-6-19/h10-11,16,18H,3-9,12H2,1-2H3/t16-/m0/s1. The molecule has 4 heteroatoms. The Morgan fingerprint density at radius 1 is 1.19 bits per heavy atom. The maximum Gasteiger partial charge on any atom is 0.0662 e. The van der Waals surface area contributed by atoms with E-state index >= 15 is 0 Å². The Balaban J connectivity index is 1.90. The molecule has 2 heterocycles. The van der Waals surface area contributed by atoms with Gasteiger partial charge in [-0.2, -0.15) is 0 Å². The summed E-state index contributed by atoms with van der Waals surface area (Å²) in [6.07, 6.45) is 1.06. The average Bonchev–Trinajstić information content (AvgIpc) is 2.55. The van der Waals surface area contributed by atoms with Gasteiger partial charge in [0.05, 0.1) is 32.5 Å². The van der Waals surface area contributed by atoms with Crippen molar-refractivity contribution >= 4 is 5.69 Å². The molecule has 2 fully saturated rings. The molecule has 2 aliphatic heterocycles.